The summed E-state index contributed by atoms with van der Waals surface area (Å²) in [5.41, 5.74) is 3.45. The number of hydrogen-bond acceptors (Lipinski definition) is 8. The summed E-state index contributed by atoms with van der Waals surface area (Å²) in [6.07, 6.45) is 3.30. The van der Waals surface area contributed by atoms with Crippen molar-refractivity contribution in [3.8, 4) is 28.5 Å². The van der Waals surface area contributed by atoms with Crippen molar-refractivity contribution in [2.24, 2.45) is 0 Å². The van der Waals surface area contributed by atoms with Gasteiger partial charge in [-0.05, 0) is 43.3 Å². The molecule has 6 aromatic rings. The highest BCUT2D eigenvalue weighted by Gasteiger charge is 2.15. The molecule has 9 heteroatoms. The Bertz CT molecular complexity index is 1790. The van der Waals surface area contributed by atoms with Crippen LogP contribution in [0.25, 0.3) is 33.1 Å². The van der Waals surface area contributed by atoms with Crippen molar-refractivity contribution in [2.75, 3.05) is 12.4 Å². The zero-order valence-electron chi connectivity index (χ0n) is 20.5. The highest BCUT2D eigenvalue weighted by molar-refractivity contribution is 6.00. The van der Waals surface area contributed by atoms with Gasteiger partial charge in [0.1, 0.15) is 22.7 Å². The van der Waals surface area contributed by atoms with E-state index in [-0.39, 0.29) is 0 Å². The summed E-state index contributed by atoms with van der Waals surface area (Å²) in [7, 11) is 1.59. The van der Waals surface area contributed by atoms with Crippen LogP contribution in [0.1, 0.15) is 5.69 Å². The molecule has 0 aliphatic heterocycles. The number of hydrogen-bond donors (Lipinski definition) is 1. The van der Waals surface area contributed by atoms with Crippen molar-refractivity contribution in [1.82, 2.24) is 25.1 Å². The first-order chi connectivity index (χ1) is 18.6. The second-order valence-corrected chi connectivity index (χ2v) is 8.54. The van der Waals surface area contributed by atoms with Gasteiger partial charge in [0, 0.05) is 40.5 Å². The lowest BCUT2D eigenvalue weighted by atomic mass is 10.1. The van der Waals surface area contributed by atoms with E-state index in [9.17, 15) is 4.39 Å². The smallest absolute Gasteiger partial charge is 0.222 e. The van der Waals surface area contributed by atoms with Crippen LogP contribution in [0.5, 0.6) is 17.2 Å². The first-order valence-corrected chi connectivity index (χ1v) is 11.8. The number of nitrogens with zero attached hydrogens (tertiary/aromatic N) is 5. The van der Waals surface area contributed by atoms with Gasteiger partial charge in [-0.25, -0.2) is 9.97 Å². The molecule has 4 aromatic heterocycles. The second kappa shape index (κ2) is 9.70. The van der Waals surface area contributed by atoms with Gasteiger partial charge in [0.2, 0.25) is 5.95 Å². The van der Waals surface area contributed by atoms with E-state index in [1.807, 2.05) is 54.6 Å². The number of methoxy groups -OCH3 is 1. The predicted molar refractivity (Wildman–Crippen MR) is 143 cm³/mol. The van der Waals surface area contributed by atoms with E-state index in [1.165, 1.54) is 0 Å². The molecule has 0 saturated heterocycles. The fraction of sp³-hybridized carbons (Fsp3) is 0.0690. The summed E-state index contributed by atoms with van der Waals surface area (Å²) >= 11 is 0. The maximum atomic E-state index is 14.6. The summed E-state index contributed by atoms with van der Waals surface area (Å²) in [5.74, 6) is 1.83. The van der Waals surface area contributed by atoms with Crippen LogP contribution in [0, 0.1) is 12.9 Å². The van der Waals surface area contributed by atoms with Crippen LogP contribution < -0.4 is 14.8 Å². The molecule has 0 atom stereocenters. The molecular formula is C29H21FN6O2. The summed E-state index contributed by atoms with van der Waals surface area (Å²) in [4.78, 5) is 12.7. The second-order valence-electron chi connectivity index (χ2n) is 8.54. The Kier molecular flexibility index (Phi) is 5.93. The molecule has 2 aromatic carbocycles. The van der Waals surface area contributed by atoms with Crippen LogP contribution in [0.2, 0.25) is 0 Å². The highest BCUT2D eigenvalue weighted by atomic mass is 19.1. The molecule has 8 nitrogen and oxygen atoms in total. The van der Waals surface area contributed by atoms with E-state index in [0.29, 0.717) is 51.1 Å². The molecule has 0 aliphatic rings. The van der Waals surface area contributed by atoms with E-state index in [2.05, 4.69) is 30.5 Å². The first-order valence-electron chi connectivity index (χ1n) is 11.8. The van der Waals surface area contributed by atoms with Crippen molar-refractivity contribution in [1.29, 1.82) is 0 Å². The lowest BCUT2D eigenvalue weighted by Crippen LogP contribution is -2.01. The molecule has 0 bridgehead atoms. The Morgan fingerprint density at radius 3 is 2.45 bits per heavy atom. The fourth-order valence-corrected chi connectivity index (χ4v) is 4.15. The molecule has 0 radical (unpaired) electrons. The molecule has 0 aliphatic carbocycles. The molecule has 186 valence electrons. The van der Waals surface area contributed by atoms with Crippen LogP contribution in [0.3, 0.4) is 0 Å². The van der Waals surface area contributed by atoms with Gasteiger partial charge in [-0.3, -0.25) is 4.98 Å². The summed E-state index contributed by atoms with van der Waals surface area (Å²) in [5, 5.41) is 13.6. The normalized spacial score (nSPS) is 11.0. The maximum absolute atomic E-state index is 14.6. The van der Waals surface area contributed by atoms with Crippen LogP contribution in [0.4, 0.5) is 15.9 Å². The average molecular weight is 505 g/mol. The molecule has 0 amide bonds. The third-order valence-electron chi connectivity index (χ3n) is 6.03. The van der Waals surface area contributed by atoms with Crippen molar-refractivity contribution in [3.63, 3.8) is 0 Å². The lowest BCUT2D eigenvalue weighted by molar-refractivity contribution is 0.413. The highest BCUT2D eigenvalue weighted by Crippen LogP contribution is 2.33. The Hall–Kier alpha value is -5.18. The Labute approximate surface area is 217 Å². The molecule has 0 unspecified atom stereocenters. The first kappa shape index (κ1) is 23.2. The minimum absolute atomic E-state index is 0.309. The zero-order valence-corrected chi connectivity index (χ0v) is 20.5. The molecule has 1 N–H and O–H groups in total. The maximum Gasteiger partial charge on any atom is 0.222 e. The van der Waals surface area contributed by atoms with Gasteiger partial charge in [-0.2, -0.15) is 4.39 Å². The predicted octanol–water partition coefficient (Wildman–Crippen LogP) is 6.63. The molecule has 38 heavy (non-hydrogen) atoms. The quantitative estimate of drug-likeness (QED) is 0.253. The van der Waals surface area contributed by atoms with Gasteiger partial charge in [0.15, 0.2) is 11.6 Å². The molecule has 0 saturated carbocycles. The number of ether oxygens (including phenoxy) is 2. The molecular weight excluding hydrogens is 483 g/mol. The Balaban J connectivity index is 1.27. The van der Waals surface area contributed by atoms with Crippen molar-refractivity contribution in [3.05, 3.63) is 96.8 Å². The number of aryl methyl sites for hydroxylation is 1. The minimum atomic E-state index is -0.572. The van der Waals surface area contributed by atoms with E-state index < -0.39 is 5.95 Å². The Morgan fingerprint density at radius 1 is 0.842 bits per heavy atom. The monoisotopic (exact) mass is 504 g/mol. The van der Waals surface area contributed by atoms with E-state index in [0.717, 1.165) is 16.5 Å². The molecule has 6 rings (SSSR count). The van der Waals surface area contributed by atoms with Crippen LogP contribution in [-0.4, -0.2) is 32.3 Å². The standard InChI is InChI=1S/C29H21FN6O2/c1-17-7-12-23(28(30)33-17)26-21-5-3-4-6-22(21)29(36-35-26)34-18-8-10-19(11-9-18)38-25-13-14-31-24-15-20(37-2)16-32-27(24)25/h3-16H,1-2H3,(H,34,36). The largest absolute Gasteiger partial charge is 0.495 e. The minimum Gasteiger partial charge on any atom is -0.495 e. The third kappa shape index (κ3) is 4.41. The SMILES string of the molecule is COc1cnc2c(Oc3ccc(Nc4nnc(-c5ccc(C)nc5F)c5ccccc45)cc3)ccnc2c1. The van der Waals surface area contributed by atoms with Crippen LogP contribution >= 0.6 is 0 Å². The van der Waals surface area contributed by atoms with Gasteiger partial charge in [0.05, 0.1) is 24.4 Å². The van der Waals surface area contributed by atoms with E-state index >= 15 is 0 Å². The average Bonchev–Trinajstić information content (AvgIpc) is 2.94. The molecule has 4 heterocycles. The molecule has 0 spiro atoms. The third-order valence-corrected chi connectivity index (χ3v) is 6.03. The van der Waals surface area contributed by atoms with Crippen LogP contribution in [-0.2, 0) is 0 Å². The summed E-state index contributed by atoms with van der Waals surface area (Å²) in [6, 6.07) is 22.1. The fourth-order valence-electron chi connectivity index (χ4n) is 4.15. The topological polar surface area (TPSA) is 94.9 Å². The molecule has 0 fully saturated rings. The summed E-state index contributed by atoms with van der Waals surface area (Å²) in [6.45, 7) is 1.74. The van der Waals surface area contributed by atoms with E-state index in [1.54, 1.807) is 44.6 Å². The number of rotatable bonds is 6. The van der Waals surface area contributed by atoms with Crippen molar-refractivity contribution in [2.45, 2.75) is 6.92 Å². The van der Waals surface area contributed by atoms with Crippen molar-refractivity contribution >= 4 is 33.3 Å². The number of nitrogens with one attached hydrogen (secondary N) is 1. The lowest BCUT2D eigenvalue weighted by Gasteiger charge is -2.12. The number of benzene rings is 2. The number of anilines is 2. The number of fused-ring (bicyclic) bond motifs is 2. The van der Waals surface area contributed by atoms with Gasteiger partial charge in [-0.15, -0.1) is 10.2 Å². The van der Waals surface area contributed by atoms with E-state index in [4.69, 9.17) is 9.47 Å². The number of halogens is 1. The van der Waals surface area contributed by atoms with Gasteiger partial charge in [-0.1, -0.05) is 24.3 Å². The Morgan fingerprint density at radius 2 is 1.66 bits per heavy atom. The summed E-state index contributed by atoms with van der Waals surface area (Å²) < 4.78 is 25.9. The van der Waals surface area contributed by atoms with Crippen molar-refractivity contribution < 1.29 is 13.9 Å². The van der Waals surface area contributed by atoms with Gasteiger partial charge >= 0.3 is 0 Å². The van der Waals surface area contributed by atoms with Crippen LogP contribution in [0.15, 0.2) is 85.2 Å². The zero-order chi connectivity index (χ0) is 26.1. The van der Waals surface area contributed by atoms with Gasteiger partial charge < -0.3 is 14.8 Å². The van der Waals surface area contributed by atoms with Gasteiger partial charge in [0.25, 0.3) is 0 Å². The number of pyridine rings is 3. The number of aromatic nitrogens is 5.